The molecule has 0 amide bonds. The van der Waals surface area contributed by atoms with Gasteiger partial charge in [0.05, 0.1) is 5.69 Å². The highest BCUT2D eigenvalue weighted by atomic mass is 16.3. The smallest absolute Gasteiger partial charge is 0.131 e. The van der Waals surface area contributed by atoms with Gasteiger partial charge in [-0.05, 0) is 23.2 Å². The van der Waals surface area contributed by atoms with E-state index in [4.69, 9.17) is 10.8 Å². The first-order valence-corrected chi connectivity index (χ1v) is 3.61. The fourth-order valence-corrected chi connectivity index (χ4v) is 1.02. The maximum Gasteiger partial charge on any atom is 0.131 e. The second-order valence-corrected chi connectivity index (χ2v) is 2.41. The Morgan fingerprint density at radius 1 is 1.50 bits per heavy atom. The number of rotatable bonds is 3. The molecular formula is C8H10N2O2. The highest BCUT2D eigenvalue weighted by Crippen LogP contribution is 2.25. The Labute approximate surface area is 70.0 Å². The molecule has 0 aliphatic rings. The summed E-state index contributed by atoms with van der Waals surface area (Å²) in [6.07, 6.45) is 0.454. The molecule has 4 nitrogen and oxygen atoms in total. The van der Waals surface area contributed by atoms with E-state index >= 15 is 0 Å². The second kappa shape index (κ2) is 3.82. The summed E-state index contributed by atoms with van der Waals surface area (Å²) < 4.78 is 0. The van der Waals surface area contributed by atoms with Crippen LogP contribution in [0.25, 0.3) is 0 Å². The van der Waals surface area contributed by atoms with Crippen molar-refractivity contribution in [1.29, 1.82) is 0 Å². The zero-order valence-corrected chi connectivity index (χ0v) is 6.53. The first-order valence-electron chi connectivity index (χ1n) is 3.61. The monoisotopic (exact) mass is 166 g/mol. The van der Waals surface area contributed by atoms with Crippen molar-refractivity contribution >= 4 is 11.4 Å². The van der Waals surface area contributed by atoms with Crippen molar-refractivity contribution in [3.8, 4) is 0 Å². The minimum absolute atomic E-state index is 0.0203. The molecule has 0 aliphatic heterocycles. The minimum Gasteiger partial charge on any atom is -0.397 e. The molecule has 1 aromatic rings. The zero-order chi connectivity index (χ0) is 8.97. The van der Waals surface area contributed by atoms with E-state index < -0.39 is 0 Å². The van der Waals surface area contributed by atoms with Crippen molar-refractivity contribution in [2.45, 2.75) is 6.42 Å². The van der Waals surface area contributed by atoms with Gasteiger partial charge in [-0.15, -0.1) is 4.91 Å². The van der Waals surface area contributed by atoms with Crippen molar-refractivity contribution < 1.29 is 5.11 Å². The van der Waals surface area contributed by atoms with Gasteiger partial charge in [0.2, 0.25) is 0 Å². The van der Waals surface area contributed by atoms with Crippen LogP contribution in [0.3, 0.4) is 0 Å². The number of nitrogens with two attached hydrogens (primary N) is 1. The Kier molecular flexibility index (Phi) is 2.76. The summed E-state index contributed by atoms with van der Waals surface area (Å²) >= 11 is 0. The Morgan fingerprint density at radius 2 is 2.25 bits per heavy atom. The molecule has 12 heavy (non-hydrogen) atoms. The van der Waals surface area contributed by atoms with Crippen molar-refractivity contribution in [2.75, 3.05) is 12.3 Å². The molecule has 64 valence electrons. The number of aliphatic hydroxyl groups is 1. The van der Waals surface area contributed by atoms with E-state index in [9.17, 15) is 4.91 Å². The summed E-state index contributed by atoms with van der Waals surface area (Å²) in [6, 6.07) is 5.00. The molecule has 0 saturated carbocycles. The first kappa shape index (κ1) is 8.67. The SMILES string of the molecule is Nc1c(CCO)cccc1N=O. The van der Waals surface area contributed by atoms with Crippen LogP contribution in [0.15, 0.2) is 23.4 Å². The number of anilines is 1. The number of aliphatic hydroxyl groups excluding tert-OH is 1. The highest BCUT2D eigenvalue weighted by Gasteiger charge is 2.03. The van der Waals surface area contributed by atoms with Crippen LogP contribution in [-0.2, 0) is 6.42 Å². The third-order valence-corrected chi connectivity index (χ3v) is 1.65. The lowest BCUT2D eigenvalue weighted by atomic mass is 10.1. The Hall–Kier alpha value is -1.42. The normalized spacial score (nSPS) is 9.75. The maximum atomic E-state index is 10.2. The van der Waals surface area contributed by atoms with Gasteiger partial charge in [-0.25, -0.2) is 0 Å². The zero-order valence-electron chi connectivity index (χ0n) is 6.53. The molecule has 0 fully saturated rings. The lowest BCUT2D eigenvalue weighted by molar-refractivity contribution is 0.300. The van der Waals surface area contributed by atoms with Crippen molar-refractivity contribution in [3.05, 3.63) is 28.7 Å². The third-order valence-electron chi connectivity index (χ3n) is 1.65. The lowest BCUT2D eigenvalue weighted by Gasteiger charge is -2.03. The quantitative estimate of drug-likeness (QED) is 0.523. The number of hydrogen-bond acceptors (Lipinski definition) is 4. The van der Waals surface area contributed by atoms with Gasteiger partial charge in [0.15, 0.2) is 0 Å². The molecule has 0 aromatic heterocycles. The van der Waals surface area contributed by atoms with E-state index in [0.29, 0.717) is 12.1 Å². The minimum atomic E-state index is 0.0203. The van der Waals surface area contributed by atoms with E-state index in [1.165, 1.54) is 0 Å². The van der Waals surface area contributed by atoms with Gasteiger partial charge in [-0.2, -0.15) is 0 Å². The van der Waals surface area contributed by atoms with E-state index in [0.717, 1.165) is 5.56 Å². The van der Waals surface area contributed by atoms with E-state index in [1.54, 1.807) is 18.2 Å². The molecule has 0 heterocycles. The predicted octanol–water partition coefficient (Wildman–Crippen LogP) is 1.20. The van der Waals surface area contributed by atoms with Gasteiger partial charge in [0, 0.05) is 6.61 Å². The molecule has 0 spiro atoms. The molecule has 0 aliphatic carbocycles. The molecule has 0 saturated heterocycles. The van der Waals surface area contributed by atoms with Gasteiger partial charge >= 0.3 is 0 Å². The fourth-order valence-electron chi connectivity index (χ4n) is 1.02. The third kappa shape index (κ3) is 1.60. The van der Waals surface area contributed by atoms with Crippen LogP contribution in [0.1, 0.15) is 5.56 Å². The van der Waals surface area contributed by atoms with Crippen LogP contribution >= 0.6 is 0 Å². The summed E-state index contributed by atoms with van der Waals surface area (Å²) in [5.41, 5.74) is 6.93. The number of hydrogen-bond donors (Lipinski definition) is 2. The molecule has 3 N–H and O–H groups in total. The fraction of sp³-hybridized carbons (Fsp3) is 0.250. The van der Waals surface area contributed by atoms with Gasteiger partial charge in [0.25, 0.3) is 0 Å². The molecule has 0 atom stereocenters. The summed E-state index contributed by atoms with van der Waals surface area (Å²) in [7, 11) is 0. The summed E-state index contributed by atoms with van der Waals surface area (Å²) in [5.74, 6) is 0. The van der Waals surface area contributed by atoms with Crippen molar-refractivity contribution in [1.82, 2.24) is 0 Å². The lowest BCUT2D eigenvalue weighted by Crippen LogP contribution is -1.97. The van der Waals surface area contributed by atoms with Crippen LogP contribution in [0, 0.1) is 4.91 Å². The van der Waals surface area contributed by atoms with Crippen LogP contribution < -0.4 is 5.73 Å². The Bertz CT molecular complexity index is 286. The molecule has 1 rings (SSSR count). The van der Waals surface area contributed by atoms with Crippen LogP contribution in [0.4, 0.5) is 11.4 Å². The topological polar surface area (TPSA) is 75.7 Å². The summed E-state index contributed by atoms with van der Waals surface area (Å²) in [5, 5.41) is 11.4. The standard InChI is InChI=1S/C8H10N2O2/c9-8-6(4-5-11)2-1-3-7(8)10-12/h1-3,11H,4-5,9H2. The number of nitroso groups, excluding NO2 is 1. The van der Waals surface area contributed by atoms with Crippen LogP contribution in [0.2, 0.25) is 0 Å². The van der Waals surface area contributed by atoms with E-state index in [2.05, 4.69) is 5.18 Å². The summed E-state index contributed by atoms with van der Waals surface area (Å²) in [6.45, 7) is 0.0203. The molecule has 0 unspecified atom stereocenters. The molecule has 0 radical (unpaired) electrons. The largest absolute Gasteiger partial charge is 0.397 e. The predicted molar refractivity (Wildman–Crippen MR) is 47.1 cm³/mol. The van der Waals surface area contributed by atoms with Gasteiger partial charge in [-0.3, -0.25) is 0 Å². The molecule has 4 heteroatoms. The number of para-hydroxylation sites is 1. The first-order chi connectivity index (χ1) is 5.79. The van der Waals surface area contributed by atoms with Crippen molar-refractivity contribution in [2.24, 2.45) is 5.18 Å². The van der Waals surface area contributed by atoms with E-state index in [1.807, 2.05) is 0 Å². The van der Waals surface area contributed by atoms with Gasteiger partial charge in [-0.1, -0.05) is 12.1 Å². The maximum absolute atomic E-state index is 10.2. The van der Waals surface area contributed by atoms with Gasteiger partial charge < -0.3 is 10.8 Å². The number of benzene rings is 1. The van der Waals surface area contributed by atoms with E-state index in [-0.39, 0.29) is 12.3 Å². The second-order valence-electron chi connectivity index (χ2n) is 2.41. The average Bonchev–Trinajstić information content (AvgIpc) is 2.09. The Morgan fingerprint density at radius 3 is 2.83 bits per heavy atom. The van der Waals surface area contributed by atoms with Crippen molar-refractivity contribution in [3.63, 3.8) is 0 Å². The molecule has 0 bridgehead atoms. The number of nitrogens with zero attached hydrogens (tertiary/aromatic N) is 1. The van der Waals surface area contributed by atoms with Crippen LogP contribution in [0.5, 0.6) is 0 Å². The molecular weight excluding hydrogens is 156 g/mol. The van der Waals surface area contributed by atoms with Gasteiger partial charge in [0.1, 0.15) is 5.69 Å². The highest BCUT2D eigenvalue weighted by molar-refractivity contribution is 5.66. The summed E-state index contributed by atoms with van der Waals surface area (Å²) in [4.78, 5) is 10.2. The van der Waals surface area contributed by atoms with Crippen LogP contribution in [-0.4, -0.2) is 11.7 Å². The Balaban J connectivity index is 3.04. The average molecular weight is 166 g/mol. The molecule has 1 aromatic carbocycles. The number of nitrogen functional groups attached to an aromatic ring is 1.